The molecule has 2 rings (SSSR count). The lowest BCUT2D eigenvalue weighted by atomic mass is 10.2. The first-order valence-electron chi connectivity index (χ1n) is 6.35. The van der Waals surface area contributed by atoms with E-state index in [0.717, 1.165) is 13.1 Å². The van der Waals surface area contributed by atoms with Gasteiger partial charge in [-0.05, 0) is 31.0 Å². The zero-order valence-electron chi connectivity index (χ0n) is 11.5. The number of rotatable bonds is 5. The van der Waals surface area contributed by atoms with Crippen molar-refractivity contribution in [2.24, 2.45) is 0 Å². The van der Waals surface area contributed by atoms with Crippen molar-refractivity contribution in [1.82, 2.24) is 15.1 Å². The molecule has 2 aromatic rings. The van der Waals surface area contributed by atoms with Crippen molar-refractivity contribution in [1.29, 1.82) is 0 Å². The van der Waals surface area contributed by atoms with Crippen molar-refractivity contribution in [3.63, 3.8) is 0 Å². The van der Waals surface area contributed by atoms with Gasteiger partial charge in [0.25, 0.3) is 0 Å². The lowest BCUT2D eigenvalue weighted by Gasteiger charge is -2.05. The van der Waals surface area contributed by atoms with Crippen LogP contribution in [0.5, 0.6) is 0 Å². The molecule has 4 heteroatoms. The van der Waals surface area contributed by atoms with Gasteiger partial charge in [-0.3, -0.25) is 4.68 Å². The molecule has 0 unspecified atom stereocenters. The first-order valence-corrected chi connectivity index (χ1v) is 7.17. The van der Waals surface area contributed by atoms with Gasteiger partial charge in [-0.15, -0.1) is 11.3 Å². The Morgan fingerprint density at radius 1 is 1.39 bits per heavy atom. The highest BCUT2D eigenvalue weighted by Gasteiger charge is 2.07. The molecule has 0 bridgehead atoms. The molecule has 0 fully saturated rings. The molecule has 2 aromatic heterocycles. The van der Waals surface area contributed by atoms with Crippen LogP contribution in [0.4, 0.5) is 0 Å². The molecule has 1 N–H and O–H groups in total. The van der Waals surface area contributed by atoms with Crippen LogP contribution in [0.15, 0.2) is 18.5 Å². The molecule has 0 radical (unpaired) electrons. The summed E-state index contributed by atoms with van der Waals surface area (Å²) in [5, 5.41) is 7.80. The van der Waals surface area contributed by atoms with Crippen molar-refractivity contribution >= 4 is 11.3 Å². The molecule has 0 aliphatic rings. The maximum Gasteiger partial charge on any atom is 0.0670 e. The Morgan fingerprint density at radius 3 is 2.78 bits per heavy atom. The zero-order chi connectivity index (χ0) is 13.1. The highest BCUT2D eigenvalue weighted by atomic mass is 32.1. The summed E-state index contributed by atoms with van der Waals surface area (Å²) in [6.07, 6.45) is 3.99. The molecule has 0 aromatic carbocycles. The Hall–Kier alpha value is -1.13. The summed E-state index contributed by atoms with van der Waals surface area (Å²) >= 11 is 1.88. The smallest absolute Gasteiger partial charge is 0.0670 e. The summed E-state index contributed by atoms with van der Waals surface area (Å²) in [5.74, 6) is 0. The van der Waals surface area contributed by atoms with Gasteiger partial charge in [0, 0.05) is 28.5 Å². The van der Waals surface area contributed by atoms with Crippen LogP contribution in [0.3, 0.4) is 0 Å². The summed E-state index contributed by atoms with van der Waals surface area (Å²) in [4.78, 5) is 2.80. The quantitative estimate of drug-likeness (QED) is 0.898. The average molecular weight is 263 g/mol. The van der Waals surface area contributed by atoms with Crippen LogP contribution in [0.2, 0.25) is 0 Å². The number of hydrogen-bond donors (Lipinski definition) is 1. The first-order chi connectivity index (χ1) is 8.54. The molecular weight excluding hydrogens is 242 g/mol. The minimum absolute atomic E-state index is 0.532. The summed E-state index contributed by atoms with van der Waals surface area (Å²) in [7, 11) is 0. The van der Waals surface area contributed by atoms with Crippen molar-refractivity contribution in [3.05, 3.63) is 39.3 Å². The Labute approximate surface area is 113 Å². The molecule has 0 saturated carbocycles. The molecule has 0 spiro atoms. The van der Waals surface area contributed by atoms with Gasteiger partial charge in [0.2, 0.25) is 0 Å². The maximum absolute atomic E-state index is 4.34. The third-order valence-electron chi connectivity index (χ3n) is 2.85. The van der Waals surface area contributed by atoms with Gasteiger partial charge in [-0.25, -0.2) is 0 Å². The lowest BCUT2D eigenvalue weighted by Crippen LogP contribution is -2.21. The van der Waals surface area contributed by atoms with E-state index in [1.165, 1.54) is 20.9 Å². The minimum atomic E-state index is 0.532. The summed E-state index contributed by atoms with van der Waals surface area (Å²) < 4.78 is 2.00. The highest BCUT2D eigenvalue weighted by molar-refractivity contribution is 7.12. The van der Waals surface area contributed by atoms with E-state index >= 15 is 0 Å². The van der Waals surface area contributed by atoms with Crippen molar-refractivity contribution < 1.29 is 0 Å². The molecule has 0 saturated heterocycles. The Kier molecular flexibility index (Phi) is 4.19. The number of hydrogen-bond acceptors (Lipinski definition) is 3. The van der Waals surface area contributed by atoms with E-state index in [9.17, 15) is 0 Å². The predicted molar refractivity (Wildman–Crippen MR) is 77.1 cm³/mol. The second-order valence-corrected chi connectivity index (χ2v) is 6.39. The monoisotopic (exact) mass is 263 g/mol. The molecule has 98 valence electrons. The van der Waals surface area contributed by atoms with E-state index in [1.54, 1.807) is 0 Å². The fourth-order valence-electron chi connectivity index (χ4n) is 1.86. The molecule has 0 aliphatic carbocycles. The van der Waals surface area contributed by atoms with Crippen molar-refractivity contribution in [2.75, 3.05) is 0 Å². The summed E-state index contributed by atoms with van der Waals surface area (Å²) in [6.45, 7) is 10.4. The summed E-state index contributed by atoms with van der Waals surface area (Å²) in [6, 6.07) is 2.83. The third kappa shape index (κ3) is 3.43. The summed E-state index contributed by atoms with van der Waals surface area (Å²) in [5.41, 5.74) is 2.59. The molecule has 18 heavy (non-hydrogen) atoms. The van der Waals surface area contributed by atoms with Gasteiger partial charge in [0.1, 0.15) is 0 Å². The SMILES string of the molecule is Cc1cnn(Cc2cc(CNC(C)C)sc2C)c1. The van der Waals surface area contributed by atoms with Crippen LogP contribution in [-0.4, -0.2) is 15.8 Å². The fourth-order valence-corrected chi connectivity index (χ4v) is 2.87. The maximum atomic E-state index is 4.34. The second kappa shape index (κ2) is 5.67. The number of nitrogens with zero attached hydrogens (tertiary/aromatic N) is 2. The molecule has 3 nitrogen and oxygen atoms in total. The fraction of sp³-hybridized carbons (Fsp3) is 0.500. The number of aryl methyl sites for hydroxylation is 2. The van der Waals surface area contributed by atoms with E-state index in [1.807, 2.05) is 22.2 Å². The largest absolute Gasteiger partial charge is 0.310 e. The molecular formula is C14H21N3S. The van der Waals surface area contributed by atoms with Crippen LogP contribution in [0.1, 0.15) is 34.7 Å². The number of nitrogens with one attached hydrogen (secondary N) is 1. The highest BCUT2D eigenvalue weighted by Crippen LogP contribution is 2.22. The molecule has 0 atom stereocenters. The third-order valence-corrected chi connectivity index (χ3v) is 3.94. The van der Waals surface area contributed by atoms with Crippen LogP contribution >= 0.6 is 11.3 Å². The first kappa shape index (κ1) is 13.3. The Bertz CT molecular complexity index is 511. The minimum Gasteiger partial charge on any atom is -0.310 e. The zero-order valence-corrected chi connectivity index (χ0v) is 12.3. The predicted octanol–water partition coefficient (Wildman–Crippen LogP) is 3.11. The average Bonchev–Trinajstić information content (AvgIpc) is 2.84. The number of aromatic nitrogens is 2. The molecule has 0 amide bonds. The van der Waals surface area contributed by atoms with Crippen LogP contribution in [0.25, 0.3) is 0 Å². The molecule has 0 aliphatic heterocycles. The topological polar surface area (TPSA) is 29.9 Å². The van der Waals surface area contributed by atoms with Gasteiger partial charge in [0.15, 0.2) is 0 Å². The van der Waals surface area contributed by atoms with E-state index in [0.29, 0.717) is 6.04 Å². The standard InChI is InChI=1S/C14H21N3S/c1-10(2)15-7-14-5-13(12(4)18-14)9-17-8-11(3)6-16-17/h5-6,8,10,15H,7,9H2,1-4H3. The van der Waals surface area contributed by atoms with Gasteiger partial charge >= 0.3 is 0 Å². The van der Waals surface area contributed by atoms with Crippen LogP contribution in [-0.2, 0) is 13.1 Å². The van der Waals surface area contributed by atoms with Crippen LogP contribution < -0.4 is 5.32 Å². The molecule has 2 heterocycles. The van der Waals surface area contributed by atoms with Crippen molar-refractivity contribution in [3.8, 4) is 0 Å². The lowest BCUT2D eigenvalue weighted by molar-refractivity contribution is 0.593. The van der Waals surface area contributed by atoms with Crippen LogP contribution in [0, 0.1) is 13.8 Å². The second-order valence-electron chi connectivity index (χ2n) is 5.05. The van der Waals surface area contributed by atoms with E-state index in [4.69, 9.17) is 0 Å². The van der Waals surface area contributed by atoms with Crippen molar-refractivity contribution in [2.45, 2.75) is 46.8 Å². The van der Waals surface area contributed by atoms with E-state index < -0.39 is 0 Å². The van der Waals surface area contributed by atoms with Gasteiger partial charge in [-0.1, -0.05) is 13.8 Å². The Balaban J connectivity index is 2.04. The normalized spacial score (nSPS) is 11.4. The van der Waals surface area contributed by atoms with Gasteiger partial charge in [-0.2, -0.15) is 5.10 Å². The Morgan fingerprint density at radius 2 is 2.17 bits per heavy atom. The number of thiophene rings is 1. The van der Waals surface area contributed by atoms with Gasteiger partial charge < -0.3 is 5.32 Å². The van der Waals surface area contributed by atoms with E-state index in [2.05, 4.69) is 50.4 Å². The van der Waals surface area contributed by atoms with Gasteiger partial charge in [0.05, 0.1) is 12.7 Å². The van der Waals surface area contributed by atoms with E-state index in [-0.39, 0.29) is 0 Å².